The molecule has 0 unspecified atom stereocenters. The number of nitrogens with one attached hydrogen (secondary N) is 1. The summed E-state index contributed by atoms with van der Waals surface area (Å²) in [4.78, 5) is 37.5. The summed E-state index contributed by atoms with van der Waals surface area (Å²) in [6.45, 7) is 4.06. The van der Waals surface area contributed by atoms with Crippen molar-refractivity contribution in [2.45, 2.75) is 0 Å². The van der Waals surface area contributed by atoms with Gasteiger partial charge in [-0.3, -0.25) is 14.9 Å². The highest BCUT2D eigenvalue weighted by Crippen LogP contribution is 2.33. The number of hydrogen-bond donors (Lipinski definition) is 1. The van der Waals surface area contributed by atoms with E-state index in [4.69, 9.17) is 4.74 Å². The van der Waals surface area contributed by atoms with E-state index in [9.17, 15) is 14.9 Å². The molecule has 4 aromatic rings. The standard InChI is InChI=1S/C24H25N7O4/c1-28-8-10-30(11-9-28)16-6-4-15(5-7-16)26-24-25-14-20-22(27-24)17-13-21(35-3)19(31(33)34)12-18(17)23(32)29(20)2/h4-7,12-14H,8-11H2,1-3H3,(H,25,26,27). The SMILES string of the molecule is COc1cc2c(cc1[N+](=O)[O-])c(=O)n(C)c1cnc(Nc3ccc(N4CCN(C)CC4)cc3)nc21. The van der Waals surface area contributed by atoms with Gasteiger partial charge in [0, 0.05) is 56.1 Å². The van der Waals surface area contributed by atoms with Crippen LogP contribution in [0.5, 0.6) is 5.75 Å². The summed E-state index contributed by atoms with van der Waals surface area (Å²) < 4.78 is 6.60. The Bertz CT molecular complexity index is 1490. The Labute approximate surface area is 200 Å². The Morgan fingerprint density at radius 1 is 1.06 bits per heavy atom. The third-order valence-corrected chi connectivity index (χ3v) is 6.43. The predicted octanol–water partition coefficient (Wildman–Crippen LogP) is 2.89. The lowest BCUT2D eigenvalue weighted by Gasteiger charge is -2.34. The van der Waals surface area contributed by atoms with Crippen molar-refractivity contribution in [2.24, 2.45) is 7.05 Å². The molecule has 2 aromatic heterocycles. The van der Waals surface area contributed by atoms with Crippen LogP contribution in [0.4, 0.5) is 23.0 Å². The fourth-order valence-corrected chi connectivity index (χ4v) is 4.37. The van der Waals surface area contributed by atoms with Gasteiger partial charge in [0.1, 0.15) is 5.52 Å². The lowest BCUT2D eigenvalue weighted by molar-refractivity contribution is -0.385. The average molecular weight is 476 g/mol. The van der Waals surface area contributed by atoms with Crippen LogP contribution in [0.15, 0.2) is 47.4 Å². The Hall–Kier alpha value is -4.25. The van der Waals surface area contributed by atoms with E-state index in [0.29, 0.717) is 22.4 Å². The molecule has 3 heterocycles. The lowest BCUT2D eigenvalue weighted by Crippen LogP contribution is -2.44. The fraction of sp³-hybridized carbons (Fsp3) is 0.292. The first-order valence-corrected chi connectivity index (χ1v) is 11.2. The minimum absolute atomic E-state index is 0.0599. The summed E-state index contributed by atoms with van der Waals surface area (Å²) in [6.07, 6.45) is 1.57. The number of nitrogens with zero attached hydrogens (tertiary/aromatic N) is 6. The smallest absolute Gasteiger partial charge is 0.311 e. The number of piperazine rings is 1. The number of methoxy groups -OCH3 is 1. The van der Waals surface area contributed by atoms with Crippen LogP contribution in [-0.2, 0) is 7.05 Å². The molecule has 0 atom stereocenters. The molecule has 1 N–H and O–H groups in total. The van der Waals surface area contributed by atoms with Gasteiger partial charge < -0.3 is 24.4 Å². The number of nitro groups is 1. The molecule has 11 nitrogen and oxygen atoms in total. The Morgan fingerprint density at radius 2 is 1.77 bits per heavy atom. The number of benzene rings is 2. The third kappa shape index (κ3) is 4.10. The molecule has 1 aliphatic rings. The van der Waals surface area contributed by atoms with Crippen molar-refractivity contribution in [2.75, 3.05) is 50.6 Å². The zero-order valence-electron chi connectivity index (χ0n) is 19.7. The van der Waals surface area contributed by atoms with Gasteiger partial charge in [0.05, 0.1) is 29.1 Å². The van der Waals surface area contributed by atoms with E-state index in [0.717, 1.165) is 37.6 Å². The number of ether oxygens (including phenoxy) is 1. The summed E-state index contributed by atoms with van der Waals surface area (Å²) in [5, 5.41) is 15.3. The van der Waals surface area contributed by atoms with Gasteiger partial charge in [-0.15, -0.1) is 0 Å². The molecule has 0 spiro atoms. The first-order chi connectivity index (χ1) is 16.9. The van der Waals surface area contributed by atoms with Crippen LogP contribution >= 0.6 is 0 Å². The highest BCUT2D eigenvalue weighted by atomic mass is 16.6. The van der Waals surface area contributed by atoms with Crippen molar-refractivity contribution in [3.63, 3.8) is 0 Å². The molecule has 0 aliphatic carbocycles. The summed E-state index contributed by atoms with van der Waals surface area (Å²) in [7, 11) is 5.07. The van der Waals surface area contributed by atoms with Gasteiger partial charge in [-0.25, -0.2) is 9.97 Å². The largest absolute Gasteiger partial charge is 0.490 e. The zero-order chi connectivity index (χ0) is 24.7. The number of likely N-dealkylation sites (N-methyl/N-ethyl adjacent to an activating group) is 1. The van der Waals surface area contributed by atoms with E-state index in [1.807, 2.05) is 12.1 Å². The topological polar surface area (TPSA) is 119 Å². The highest BCUT2D eigenvalue weighted by molar-refractivity contribution is 6.05. The van der Waals surface area contributed by atoms with Crippen LogP contribution in [-0.4, -0.2) is 64.7 Å². The number of fused-ring (bicyclic) bond motifs is 3. The maximum atomic E-state index is 12.9. The average Bonchev–Trinajstić information content (AvgIpc) is 2.87. The van der Waals surface area contributed by atoms with Crippen molar-refractivity contribution < 1.29 is 9.66 Å². The molecule has 11 heteroatoms. The maximum Gasteiger partial charge on any atom is 0.311 e. The van der Waals surface area contributed by atoms with E-state index in [-0.39, 0.29) is 22.4 Å². The van der Waals surface area contributed by atoms with Crippen molar-refractivity contribution in [3.05, 3.63) is 63.1 Å². The van der Waals surface area contributed by atoms with E-state index in [2.05, 4.69) is 44.3 Å². The molecule has 1 saturated heterocycles. The van der Waals surface area contributed by atoms with Gasteiger partial charge in [-0.2, -0.15) is 0 Å². The molecule has 180 valence electrons. The molecule has 0 bridgehead atoms. The van der Waals surface area contributed by atoms with E-state index in [1.165, 1.54) is 23.8 Å². The van der Waals surface area contributed by atoms with Crippen LogP contribution in [0, 0.1) is 10.1 Å². The number of hydrogen-bond acceptors (Lipinski definition) is 9. The zero-order valence-corrected chi connectivity index (χ0v) is 19.7. The molecule has 2 aromatic carbocycles. The number of aryl methyl sites for hydroxylation is 1. The molecule has 5 rings (SSSR count). The summed E-state index contributed by atoms with van der Waals surface area (Å²) in [5.41, 5.74) is 2.34. The number of pyridine rings is 1. The first kappa shape index (κ1) is 22.5. The molecule has 0 saturated carbocycles. The highest BCUT2D eigenvalue weighted by Gasteiger charge is 2.21. The second-order valence-corrected chi connectivity index (χ2v) is 8.58. The van der Waals surface area contributed by atoms with Gasteiger partial charge in [-0.05, 0) is 37.4 Å². The van der Waals surface area contributed by atoms with E-state index in [1.54, 1.807) is 13.2 Å². The van der Waals surface area contributed by atoms with Crippen molar-refractivity contribution in [3.8, 4) is 5.75 Å². The third-order valence-electron chi connectivity index (χ3n) is 6.43. The molecule has 0 radical (unpaired) electrons. The van der Waals surface area contributed by atoms with Crippen molar-refractivity contribution in [1.82, 2.24) is 19.4 Å². The Balaban J connectivity index is 1.52. The monoisotopic (exact) mass is 475 g/mol. The van der Waals surface area contributed by atoms with Gasteiger partial charge in [0.25, 0.3) is 5.56 Å². The number of nitro benzene ring substituents is 1. The van der Waals surface area contributed by atoms with Gasteiger partial charge >= 0.3 is 5.69 Å². The van der Waals surface area contributed by atoms with Crippen molar-refractivity contribution >= 4 is 44.8 Å². The minimum Gasteiger partial charge on any atom is -0.490 e. The second kappa shape index (κ2) is 8.84. The summed E-state index contributed by atoms with van der Waals surface area (Å²) in [5.74, 6) is 0.409. The normalized spacial score (nSPS) is 14.4. The Morgan fingerprint density at radius 3 is 2.43 bits per heavy atom. The van der Waals surface area contributed by atoms with Crippen LogP contribution in [0.25, 0.3) is 21.8 Å². The van der Waals surface area contributed by atoms with Gasteiger partial charge in [0.15, 0.2) is 5.75 Å². The number of rotatable bonds is 5. The van der Waals surface area contributed by atoms with Gasteiger partial charge in [-0.1, -0.05) is 0 Å². The van der Waals surface area contributed by atoms with E-state index < -0.39 is 4.92 Å². The van der Waals surface area contributed by atoms with Crippen LogP contribution in [0.2, 0.25) is 0 Å². The minimum atomic E-state index is -0.569. The summed E-state index contributed by atoms with van der Waals surface area (Å²) >= 11 is 0. The quantitative estimate of drug-likeness (QED) is 0.264. The fourth-order valence-electron chi connectivity index (χ4n) is 4.37. The molecular weight excluding hydrogens is 450 g/mol. The number of aromatic nitrogens is 3. The van der Waals surface area contributed by atoms with E-state index >= 15 is 0 Å². The van der Waals surface area contributed by atoms with Crippen LogP contribution in [0.3, 0.4) is 0 Å². The molecule has 1 fully saturated rings. The molecule has 0 amide bonds. The lowest BCUT2D eigenvalue weighted by atomic mass is 10.1. The van der Waals surface area contributed by atoms with Gasteiger partial charge in [0.2, 0.25) is 5.95 Å². The van der Waals surface area contributed by atoms with Crippen LogP contribution < -0.4 is 20.5 Å². The van der Waals surface area contributed by atoms with Crippen LogP contribution in [0.1, 0.15) is 0 Å². The van der Waals surface area contributed by atoms with Crippen molar-refractivity contribution in [1.29, 1.82) is 0 Å². The molecular formula is C24H25N7O4. The molecule has 1 aliphatic heterocycles. The molecule has 35 heavy (non-hydrogen) atoms. The second-order valence-electron chi connectivity index (χ2n) is 8.58. The summed E-state index contributed by atoms with van der Waals surface area (Å²) in [6, 6.07) is 10.8. The maximum absolute atomic E-state index is 12.9. The number of anilines is 3. The Kier molecular flexibility index (Phi) is 5.69. The first-order valence-electron chi connectivity index (χ1n) is 11.2. The predicted molar refractivity (Wildman–Crippen MR) is 135 cm³/mol.